The van der Waals surface area contributed by atoms with Crippen molar-refractivity contribution >= 4 is 5.97 Å². The second-order valence-electron chi connectivity index (χ2n) is 3.22. The summed E-state index contributed by atoms with van der Waals surface area (Å²) < 4.78 is 72.1. The van der Waals surface area contributed by atoms with Crippen molar-refractivity contribution in [3.8, 4) is 0 Å². The lowest BCUT2D eigenvalue weighted by Gasteiger charge is -2.23. The maximum atomic E-state index is 12.1. The van der Waals surface area contributed by atoms with Crippen LogP contribution in [-0.4, -0.2) is 29.5 Å². The van der Waals surface area contributed by atoms with E-state index < -0.39 is 43.1 Å². The third kappa shape index (κ3) is 5.19. The van der Waals surface area contributed by atoms with Gasteiger partial charge in [0.2, 0.25) is 0 Å². The van der Waals surface area contributed by atoms with E-state index in [-0.39, 0.29) is 0 Å². The van der Waals surface area contributed by atoms with E-state index in [1.54, 1.807) is 0 Å². The molecule has 0 aromatic rings. The van der Waals surface area contributed by atoms with Gasteiger partial charge in [-0.1, -0.05) is 0 Å². The summed E-state index contributed by atoms with van der Waals surface area (Å²) >= 11 is 0. The first-order chi connectivity index (χ1) is 6.94. The van der Waals surface area contributed by atoms with E-state index in [9.17, 15) is 31.1 Å². The molecular weight excluding hydrogens is 244 g/mol. The second kappa shape index (κ2) is 4.89. The fourth-order valence-corrected chi connectivity index (χ4v) is 0.984. The summed E-state index contributed by atoms with van der Waals surface area (Å²) in [6, 6.07) is -2.68. The number of rotatable bonds is 4. The van der Waals surface area contributed by atoms with Gasteiger partial charge in [0.05, 0.1) is 12.3 Å². The molecule has 0 bridgehead atoms. The summed E-state index contributed by atoms with van der Waals surface area (Å²) in [5, 5.41) is 8.14. The van der Waals surface area contributed by atoms with Crippen LogP contribution < -0.4 is 5.73 Å². The first-order valence-electron chi connectivity index (χ1n) is 4.05. The van der Waals surface area contributed by atoms with E-state index in [0.717, 1.165) is 0 Å². The molecule has 0 heterocycles. The van der Waals surface area contributed by atoms with Crippen LogP contribution >= 0.6 is 0 Å². The van der Waals surface area contributed by atoms with Gasteiger partial charge in [-0.15, -0.1) is 0 Å². The van der Waals surface area contributed by atoms with Crippen LogP contribution in [0.1, 0.15) is 12.8 Å². The Balaban J connectivity index is 4.62. The molecule has 0 fully saturated rings. The highest BCUT2D eigenvalue weighted by Crippen LogP contribution is 2.35. The number of hydrogen-bond acceptors (Lipinski definition) is 2. The van der Waals surface area contributed by atoms with E-state index in [0.29, 0.717) is 0 Å². The summed E-state index contributed by atoms with van der Waals surface area (Å²) in [5.74, 6) is -4.42. The predicted octanol–water partition coefficient (Wildman–Crippen LogP) is 1.92. The Kier molecular flexibility index (Phi) is 4.59. The Morgan fingerprint density at radius 1 is 1.12 bits per heavy atom. The molecule has 0 aromatic carbocycles. The summed E-state index contributed by atoms with van der Waals surface area (Å²) in [6.07, 6.45) is -12.9. The van der Waals surface area contributed by atoms with Gasteiger partial charge in [0, 0.05) is 0 Å². The molecule has 0 aliphatic rings. The van der Waals surface area contributed by atoms with Crippen LogP contribution in [0.5, 0.6) is 0 Å². The summed E-state index contributed by atoms with van der Waals surface area (Å²) in [5.41, 5.74) is 4.51. The van der Waals surface area contributed by atoms with Gasteiger partial charge >= 0.3 is 18.3 Å². The smallest absolute Gasteiger partial charge is 0.403 e. The average Bonchev–Trinajstić information content (AvgIpc) is 1.98. The summed E-state index contributed by atoms with van der Waals surface area (Å²) in [7, 11) is 0. The largest absolute Gasteiger partial charge is 0.481 e. The van der Waals surface area contributed by atoms with Crippen molar-refractivity contribution in [3.63, 3.8) is 0 Å². The topological polar surface area (TPSA) is 63.3 Å². The van der Waals surface area contributed by atoms with Crippen molar-refractivity contribution < 1.29 is 36.2 Å². The lowest BCUT2D eigenvalue weighted by atomic mass is 9.96. The van der Waals surface area contributed by atoms with Gasteiger partial charge in [0.15, 0.2) is 0 Å². The number of carboxylic acids is 1. The van der Waals surface area contributed by atoms with Gasteiger partial charge in [0.1, 0.15) is 6.04 Å². The molecule has 0 aliphatic carbocycles. The number of nitrogens with two attached hydrogens (primary N) is 1. The maximum absolute atomic E-state index is 12.1. The summed E-state index contributed by atoms with van der Waals surface area (Å²) in [6.45, 7) is 0. The first kappa shape index (κ1) is 15.0. The molecule has 0 saturated heterocycles. The molecule has 3 nitrogen and oxygen atoms in total. The minimum atomic E-state index is -5.01. The van der Waals surface area contributed by atoms with Crippen LogP contribution in [0, 0.1) is 5.92 Å². The minimum absolute atomic E-state index is 1.42. The van der Waals surface area contributed by atoms with Crippen LogP contribution in [0.4, 0.5) is 26.3 Å². The molecule has 96 valence electrons. The molecule has 0 aromatic heterocycles. The number of carboxylic acid groups (broad SMARTS) is 1. The van der Waals surface area contributed by atoms with E-state index >= 15 is 0 Å². The van der Waals surface area contributed by atoms with Gasteiger partial charge < -0.3 is 10.8 Å². The molecule has 0 spiro atoms. The molecule has 16 heavy (non-hydrogen) atoms. The molecule has 0 unspecified atom stereocenters. The zero-order valence-corrected chi connectivity index (χ0v) is 7.77. The molecule has 0 radical (unpaired) electrons. The highest BCUT2D eigenvalue weighted by Gasteiger charge is 2.46. The van der Waals surface area contributed by atoms with Gasteiger partial charge in [-0.05, 0) is 6.42 Å². The molecule has 2 atom stereocenters. The molecule has 0 saturated carbocycles. The first-order valence-corrected chi connectivity index (χ1v) is 4.05. The minimum Gasteiger partial charge on any atom is -0.481 e. The van der Waals surface area contributed by atoms with E-state index in [1.807, 2.05) is 0 Å². The fraction of sp³-hybridized carbons (Fsp3) is 0.857. The van der Waals surface area contributed by atoms with E-state index in [4.69, 9.17) is 5.11 Å². The van der Waals surface area contributed by atoms with Crippen LogP contribution in [0.15, 0.2) is 0 Å². The Morgan fingerprint density at radius 2 is 1.56 bits per heavy atom. The van der Waals surface area contributed by atoms with Crippen molar-refractivity contribution in [3.05, 3.63) is 0 Å². The molecule has 0 rings (SSSR count). The molecule has 3 N–H and O–H groups in total. The van der Waals surface area contributed by atoms with Gasteiger partial charge in [0.25, 0.3) is 0 Å². The lowest BCUT2D eigenvalue weighted by molar-refractivity contribution is -0.199. The Bertz CT molecular complexity index is 248. The van der Waals surface area contributed by atoms with Crippen molar-refractivity contribution in [2.45, 2.75) is 31.2 Å². The number of hydrogen-bond donors (Lipinski definition) is 2. The predicted molar refractivity (Wildman–Crippen MR) is 40.4 cm³/mol. The SMILES string of the molecule is N[C@@H](C[C@@H](CC(=O)O)C(F)(F)F)C(F)(F)F. The van der Waals surface area contributed by atoms with Gasteiger partial charge in [-0.25, -0.2) is 0 Å². The monoisotopic (exact) mass is 253 g/mol. The number of alkyl halides is 6. The average molecular weight is 253 g/mol. The van der Waals surface area contributed by atoms with Gasteiger partial charge in [-0.2, -0.15) is 26.3 Å². The third-order valence-electron chi connectivity index (χ3n) is 1.84. The zero-order valence-electron chi connectivity index (χ0n) is 7.77. The van der Waals surface area contributed by atoms with Crippen molar-refractivity contribution in [1.29, 1.82) is 0 Å². The molecule has 0 amide bonds. The summed E-state index contributed by atoms with van der Waals surface area (Å²) in [4.78, 5) is 10.1. The Labute approximate surface area is 86.2 Å². The van der Waals surface area contributed by atoms with Gasteiger partial charge in [-0.3, -0.25) is 4.79 Å². The molecular formula is C7H9F6NO2. The zero-order chi connectivity index (χ0) is 13.1. The van der Waals surface area contributed by atoms with E-state index in [1.165, 1.54) is 0 Å². The Hall–Kier alpha value is -0.990. The Morgan fingerprint density at radius 3 is 1.81 bits per heavy atom. The van der Waals surface area contributed by atoms with Crippen LogP contribution in [-0.2, 0) is 4.79 Å². The van der Waals surface area contributed by atoms with E-state index in [2.05, 4.69) is 5.73 Å². The number of aliphatic carboxylic acids is 1. The lowest BCUT2D eigenvalue weighted by Crippen LogP contribution is -2.42. The standard InChI is InChI=1S/C7H9F6NO2/c8-6(9,10)3(2-5(15)16)1-4(14)7(11,12)13/h3-4H,1-2,14H2,(H,15,16)/t3-,4-/m0/s1. The van der Waals surface area contributed by atoms with Crippen LogP contribution in [0.3, 0.4) is 0 Å². The highest BCUT2D eigenvalue weighted by molar-refractivity contribution is 5.67. The normalized spacial score (nSPS) is 16.9. The van der Waals surface area contributed by atoms with Crippen LogP contribution in [0.25, 0.3) is 0 Å². The number of halogens is 6. The molecule has 0 aliphatic heterocycles. The maximum Gasteiger partial charge on any atom is 0.403 e. The fourth-order valence-electron chi connectivity index (χ4n) is 0.984. The quantitative estimate of drug-likeness (QED) is 0.752. The third-order valence-corrected chi connectivity index (χ3v) is 1.84. The van der Waals surface area contributed by atoms with Crippen molar-refractivity contribution in [2.24, 2.45) is 11.7 Å². The number of carbonyl (C=O) groups is 1. The van der Waals surface area contributed by atoms with Crippen molar-refractivity contribution in [2.75, 3.05) is 0 Å². The second-order valence-corrected chi connectivity index (χ2v) is 3.22. The van der Waals surface area contributed by atoms with Crippen LogP contribution in [0.2, 0.25) is 0 Å². The highest BCUT2D eigenvalue weighted by atomic mass is 19.4. The molecule has 9 heteroatoms. The van der Waals surface area contributed by atoms with Crippen molar-refractivity contribution in [1.82, 2.24) is 0 Å².